The summed E-state index contributed by atoms with van der Waals surface area (Å²) < 4.78 is 0. The fraction of sp³-hybridized carbons (Fsp3) is 0.500. The van der Waals surface area contributed by atoms with Crippen LogP contribution in [0.25, 0.3) is 0 Å². The molecule has 0 saturated carbocycles. The van der Waals surface area contributed by atoms with E-state index in [9.17, 15) is 0 Å². The second-order valence-corrected chi connectivity index (χ2v) is 2.72. The van der Waals surface area contributed by atoms with Crippen molar-refractivity contribution in [2.45, 2.75) is 19.6 Å². The number of rotatable bonds is 0. The average molecular weight is 146 g/mol. The average Bonchev–Trinajstić information content (AvgIpc) is 2.46. The van der Waals surface area contributed by atoms with E-state index in [0.717, 1.165) is 18.4 Å². The fourth-order valence-corrected chi connectivity index (χ4v) is 1.43. The summed E-state index contributed by atoms with van der Waals surface area (Å²) in [4.78, 5) is 4.14. The standard InChI is InChI=1S/C8H11BN2/c1-3-7-4-9(6-10)5-8(7)11-2/h3H,4-5H2,1-2H3/b7-3-,11-8-. The molecule has 1 aliphatic heterocycles. The van der Waals surface area contributed by atoms with Gasteiger partial charge in [0, 0.05) is 18.7 Å². The third-order valence-corrected chi connectivity index (χ3v) is 2.08. The van der Waals surface area contributed by atoms with Gasteiger partial charge in [-0.15, -0.1) is 0 Å². The van der Waals surface area contributed by atoms with Crippen LogP contribution in [0.2, 0.25) is 12.6 Å². The van der Waals surface area contributed by atoms with Gasteiger partial charge in [-0.05, 0) is 25.1 Å². The Morgan fingerprint density at radius 2 is 2.36 bits per heavy atom. The van der Waals surface area contributed by atoms with Crippen LogP contribution in [0.1, 0.15) is 6.92 Å². The third kappa shape index (κ3) is 1.51. The summed E-state index contributed by atoms with van der Waals surface area (Å²) in [7, 11) is 1.79. The van der Waals surface area contributed by atoms with Crippen molar-refractivity contribution in [1.82, 2.24) is 0 Å². The van der Waals surface area contributed by atoms with E-state index >= 15 is 0 Å². The lowest BCUT2D eigenvalue weighted by molar-refractivity contribution is 1.40. The fourth-order valence-electron chi connectivity index (χ4n) is 1.43. The normalized spacial score (nSPS) is 24.6. The Labute approximate surface area is 67.7 Å². The van der Waals surface area contributed by atoms with E-state index in [1.807, 2.05) is 6.92 Å². The van der Waals surface area contributed by atoms with Crippen LogP contribution in [-0.4, -0.2) is 19.5 Å². The van der Waals surface area contributed by atoms with Crippen molar-refractivity contribution in [1.29, 1.82) is 5.26 Å². The highest BCUT2D eigenvalue weighted by atomic mass is 14.7. The lowest BCUT2D eigenvalue weighted by Gasteiger charge is -1.94. The van der Waals surface area contributed by atoms with Crippen LogP contribution in [0, 0.1) is 11.2 Å². The summed E-state index contributed by atoms with van der Waals surface area (Å²) in [5.41, 5.74) is 2.36. The molecule has 11 heavy (non-hydrogen) atoms. The van der Waals surface area contributed by atoms with E-state index in [2.05, 4.69) is 17.0 Å². The van der Waals surface area contributed by atoms with Crippen molar-refractivity contribution in [2.75, 3.05) is 7.05 Å². The number of hydrogen-bond donors (Lipinski definition) is 0. The van der Waals surface area contributed by atoms with E-state index < -0.39 is 0 Å². The molecule has 1 heterocycles. The summed E-state index contributed by atoms with van der Waals surface area (Å²) in [6.45, 7) is 2.17. The number of nitrogens with zero attached hydrogens (tertiary/aromatic N) is 2. The van der Waals surface area contributed by atoms with Crippen LogP contribution in [0.4, 0.5) is 0 Å². The van der Waals surface area contributed by atoms with Gasteiger partial charge >= 0.3 is 0 Å². The monoisotopic (exact) mass is 146 g/mol. The van der Waals surface area contributed by atoms with Crippen LogP contribution in [0.3, 0.4) is 0 Å². The SMILES string of the molecule is C/C=C1/CB(C#N)C/C1=N/C. The maximum Gasteiger partial charge on any atom is 0.278 e. The topological polar surface area (TPSA) is 36.1 Å². The Hall–Kier alpha value is -1.04. The lowest BCUT2D eigenvalue weighted by Crippen LogP contribution is -2.02. The van der Waals surface area contributed by atoms with Gasteiger partial charge in [-0.2, -0.15) is 0 Å². The first kappa shape index (κ1) is 8.07. The van der Waals surface area contributed by atoms with Gasteiger partial charge in [0.05, 0.1) is 0 Å². The zero-order valence-corrected chi connectivity index (χ0v) is 6.96. The maximum atomic E-state index is 8.66. The zero-order valence-electron chi connectivity index (χ0n) is 6.96. The summed E-state index contributed by atoms with van der Waals surface area (Å²) in [6, 6.07) is 0. The van der Waals surface area contributed by atoms with Crippen molar-refractivity contribution in [2.24, 2.45) is 4.99 Å². The number of hydrogen-bond acceptors (Lipinski definition) is 2. The molecule has 2 nitrogen and oxygen atoms in total. The molecule has 1 rings (SSSR count). The molecule has 0 aromatic rings. The second kappa shape index (κ2) is 3.38. The molecule has 1 saturated heterocycles. The van der Waals surface area contributed by atoms with E-state index in [1.165, 1.54) is 5.57 Å². The molecule has 0 aliphatic carbocycles. The van der Waals surface area contributed by atoms with Gasteiger partial charge in [0.15, 0.2) is 0 Å². The molecule has 0 unspecified atom stereocenters. The molecule has 0 atom stereocenters. The van der Waals surface area contributed by atoms with Gasteiger partial charge in [0.2, 0.25) is 0 Å². The molecule has 56 valence electrons. The van der Waals surface area contributed by atoms with Gasteiger partial charge in [-0.1, -0.05) is 6.08 Å². The molecular formula is C8H11BN2. The van der Waals surface area contributed by atoms with Gasteiger partial charge in [0.25, 0.3) is 6.71 Å². The molecule has 0 aromatic carbocycles. The number of nitriles is 1. The zero-order chi connectivity index (χ0) is 8.27. The quantitative estimate of drug-likeness (QED) is 0.477. The predicted octanol–water partition coefficient (Wildman–Crippen LogP) is 1.57. The van der Waals surface area contributed by atoms with Gasteiger partial charge in [-0.3, -0.25) is 4.99 Å². The highest BCUT2D eigenvalue weighted by Crippen LogP contribution is 2.22. The molecular weight excluding hydrogens is 135 g/mol. The first-order valence-corrected chi connectivity index (χ1v) is 3.82. The Kier molecular flexibility index (Phi) is 2.48. The van der Waals surface area contributed by atoms with Crippen molar-refractivity contribution >= 4 is 12.4 Å². The Balaban J connectivity index is 2.81. The van der Waals surface area contributed by atoms with Crippen LogP contribution in [0.5, 0.6) is 0 Å². The van der Waals surface area contributed by atoms with Crippen molar-refractivity contribution < 1.29 is 0 Å². The van der Waals surface area contributed by atoms with Crippen LogP contribution < -0.4 is 0 Å². The van der Waals surface area contributed by atoms with Crippen LogP contribution in [0.15, 0.2) is 16.6 Å². The van der Waals surface area contributed by atoms with Gasteiger partial charge in [0.1, 0.15) is 0 Å². The smallest absolute Gasteiger partial charge is 0.278 e. The highest BCUT2D eigenvalue weighted by molar-refractivity contribution is 6.74. The van der Waals surface area contributed by atoms with E-state index in [-0.39, 0.29) is 6.71 Å². The Bertz CT molecular complexity index is 227. The maximum absolute atomic E-state index is 8.66. The van der Waals surface area contributed by atoms with Crippen molar-refractivity contribution in [3.63, 3.8) is 0 Å². The summed E-state index contributed by atoms with van der Waals surface area (Å²) in [5, 5.41) is 8.66. The Morgan fingerprint density at radius 1 is 1.64 bits per heavy atom. The van der Waals surface area contributed by atoms with Gasteiger partial charge < -0.3 is 0 Å². The minimum absolute atomic E-state index is 0.167. The van der Waals surface area contributed by atoms with E-state index in [0.29, 0.717) is 0 Å². The van der Waals surface area contributed by atoms with E-state index in [1.54, 1.807) is 7.05 Å². The number of allylic oxidation sites excluding steroid dienone is 2. The number of aliphatic imine (C=N–C) groups is 1. The minimum Gasteiger partial charge on any atom is -0.294 e. The molecule has 0 N–H and O–H groups in total. The molecule has 0 aromatic heterocycles. The summed E-state index contributed by atoms with van der Waals surface area (Å²) >= 11 is 0. The molecule has 0 bridgehead atoms. The summed E-state index contributed by atoms with van der Waals surface area (Å²) in [6.07, 6.45) is 3.78. The molecule has 0 amide bonds. The minimum atomic E-state index is 0.167. The van der Waals surface area contributed by atoms with Crippen molar-refractivity contribution in [3.05, 3.63) is 11.6 Å². The second-order valence-electron chi connectivity index (χ2n) is 2.72. The van der Waals surface area contributed by atoms with Crippen molar-refractivity contribution in [3.8, 4) is 5.97 Å². The van der Waals surface area contributed by atoms with Crippen LogP contribution in [-0.2, 0) is 0 Å². The largest absolute Gasteiger partial charge is 0.294 e. The predicted molar refractivity (Wildman–Crippen MR) is 48.1 cm³/mol. The first-order chi connectivity index (χ1) is 5.31. The molecule has 3 heteroatoms. The third-order valence-electron chi connectivity index (χ3n) is 2.08. The molecule has 0 radical (unpaired) electrons. The first-order valence-electron chi connectivity index (χ1n) is 3.82. The summed E-state index contributed by atoms with van der Waals surface area (Å²) in [5.74, 6) is 2.27. The van der Waals surface area contributed by atoms with E-state index in [4.69, 9.17) is 5.26 Å². The molecule has 0 spiro atoms. The Morgan fingerprint density at radius 3 is 2.73 bits per heavy atom. The molecule has 1 aliphatic rings. The highest BCUT2D eigenvalue weighted by Gasteiger charge is 2.27. The lowest BCUT2D eigenvalue weighted by atomic mass is 9.50. The molecule has 1 fully saturated rings. The van der Waals surface area contributed by atoms with Crippen LogP contribution >= 0.6 is 0 Å². The van der Waals surface area contributed by atoms with Gasteiger partial charge in [-0.25, -0.2) is 5.26 Å².